The Kier molecular flexibility index (Phi) is 8.26. The highest BCUT2D eigenvalue weighted by atomic mass is 32.1. The molecule has 9 heteroatoms. The number of fused-ring (bicyclic) bond motifs is 1. The van der Waals surface area contributed by atoms with Crippen molar-refractivity contribution in [3.63, 3.8) is 0 Å². The van der Waals surface area contributed by atoms with Gasteiger partial charge in [0, 0.05) is 11.1 Å². The third-order valence-electron chi connectivity index (χ3n) is 6.42. The van der Waals surface area contributed by atoms with Gasteiger partial charge in [0.2, 0.25) is 0 Å². The molecule has 0 aliphatic carbocycles. The summed E-state index contributed by atoms with van der Waals surface area (Å²) in [5.74, 6) is -0.0654. The van der Waals surface area contributed by atoms with Gasteiger partial charge in [-0.05, 0) is 36.8 Å². The number of benzene rings is 3. The number of esters is 1. The number of hydrogen-bond acceptors (Lipinski definition) is 7. The average Bonchev–Trinajstić information content (AvgIpc) is 3.30. The van der Waals surface area contributed by atoms with Gasteiger partial charge in [-0.2, -0.15) is 0 Å². The summed E-state index contributed by atoms with van der Waals surface area (Å²) in [5.41, 5.74) is 2.08. The molecule has 0 unspecified atom stereocenters. The predicted octanol–water partition coefficient (Wildman–Crippen LogP) is 4.65. The highest BCUT2D eigenvalue weighted by Gasteiger charge is 2.35. The number of nitrogens with zero attached hydrogens (tertiary/aromatic N) is 2. The molecule has 0 saturated carbocycles. The minimum atomic E-state index is -0.898. The zero-order valence-electron chi connectivity index (χ0n) is 22.5. The van der Waals surface area contributed by atoms with E-state index in [2.05, 4.69) is 6.58 Å². The summed E-state index contributed by atoms with van der Waals surface area (Å²) < 4.78 is 32.6. The Morgan fingerprint density at radius 2 is 1.85 bits per heavy atom. The summed E-state index contributed by atoms with van der Waals surface area (Å²) in [6, 6.07) is 19.4. The van der Waals surface area contributed by atoms with Crippen LogP contribution < -0.4 is 24.4 Å². The molecule has 2 heterocycles. The van der Waals surface area contributed by atoms with Crippen molar-refractivity contribution in [3.8, 4) is 11.5 Å². The average molecular weight is 571 g/mol. The van der Waals surface area contributed by atoms with Crippen LogP contribution in [0.25, 0.3) is 11.8 Å². The first kappa shape index (κ1) is 27.8. The van der Waals surface area contributed by atoms with Gasteiger partial charge < -0.3 is 14.2 Å². The number of halogens is 1. The van der Waals surface area contributed by atoms with Crippen LogP contribution in [-0.4, -0.2) is 30.9 Å². The summed E-state index contributed by atoms with van der Waals surface area (Å²) >= 11 is 1.18. The number of hydrogen-bond donors (Lipinski definition) is 0. The number of aromatic nitrogens is 1. The number of carbonyl (C=O) groups is 1. The molecule has 0 fully saturated rings. The largest absolute Gasteiger partial charge is 0.493 e. The van der Waals surface area contributed by atoms with Crippen LogP contribution in [0.5, 0.6) is 11.5 Å². The van der Waals surface area contributed by atoms with Crippen molar-refractivity contribution in [3.05, 3.63) is 133 Å². The van der Waals surface area contributed by atoms with Crippen LogP contribution >= 0.6 is 11.3 Å². The summed E-state index contributed by atoms with van der Waals surface area (Å²) in [7, 11) is 1.54. The molecule has 208 valence electrons. The van der Waals surface area contributed by atoms with Gasteiger partial charge >= 0.3 is 5.97 Å². The first-order valence-electron chi connectivity index (χ1n) is 12.9. The fourth-order valence-electron chi connectivity index (χ4n) is 4.65. The molecular weight excluding hydrogens is 543 g/mol. The van der Waals surface area contributed by atoms with Crippen molar-refractivity contribution in [2.24, 2.45) is 4.99 Å². The molecule has 7 nitrogen and oxygen atoms in total. The van der Waals surface area contributed by atoms with Crippen molar-refractivity contribution in [1.82, 2.24) is 4.57 Å². The standard InChI is InChI=1S/C32H27FN2O5S/c1-4-18-40-29-22(12-9-13-24(29)38-3)19-25-30(36)35-28(21-14-16-23(33)17-15-21)26(31(37)39-5-2)27(34-32(35)41-25)20-10-7-6-8-11-20/h4,6-17,19,28H,1,5,18H2,2-3H3/b25-19-/t28-/m1/s1. The third kappa shape index (κ3) is 5.49. The Bertz CT molecular complexity index is 1810. The highest BCUT2D eigenvalue weighted by molar-refractivity contribution is 7.07. The van der Waals surface area contributed by atoms with Gasteiger partial charge in [-0.25, -0.2) is 14.2 Å². The van der Waals surface area contributed by atoms with E-state index >= 15 is 0 Å². The van der Waals surface area contributed by atoms with E-state index in [9.17, 15) is 14.0 Å². The number of methoxy groups -OCH3 is 1. The van der Waals surface area contributed by atoms with Crippen molar-refractivity contribution < 1.29 is 23.4 Å². The Morgan fingerprint density at radius 1 is 1.10 bits per heavy atom. The first-order chi connectivity index (χ1) is 20.0. The Morgan fingerprint density at radius 3 is 2.54 bits per heavy atom. The molecule has 1 aliphatic heterocycles. The fourth-order valence-corrected chi connectivity index (χ4v) is 5.64. The summed E-state index contributed by atoms with van der Waals surface area (Å²) in [5, 5.41) is 0. The van der Waals surface area contributed by atoms with Crippen molar-refractivity contribution >= 4 is 29.1 Å². The number of ether oxygens (including phenoxy) is 3. The SMILES string of the molecule is C=CCOc1c(/C=c2\sc3n(c2=O)[C@H](c2ccc(F)cc2)C(C(=O)OCC)=C(c2ccccc2)N=3)cccc1OC. The second-order valence-corrected chi connectivity index (χ2v) is 9.97. The normalized spacial score (nSPS) is 14.7. The minimum Gasteiger partial charge on any atom is -0.493 e. The van der Waals surface area contributed by atoms with Crippen molar-refractivity contribution in [2.75, 3.05) is 20.3 Å². The van der Waals surface area contributed by atoms with E-state index < -0.39 is 17.8 Å². The van der Waals surface area contributed by atoms with E-state index in [0.29, 0.717) is 43.2 Å². The van der Waals surface area contributed by atoms with E-state index in [-0.39, 0.29) is 24.3 Å². The summed E-state index contributed by atoms with van der Waals surface area (Å²) in [6.07, 6.45) is 3.33. The maximum atomic E-state index is 14.1. The zero-order valence-corrected chi connectivity index (χ0v) is 23.3. The van der Waals surface area contributed by atoms with Gasteiger partial charge in [-0.1, -0.05) is 78.6 Å². The molecule has 5 rings (SSSR count). The summed E-state index contributed by atoms with van der Waals surface area (Å²) in [4.78, 5) is 32.8. The molecule has 0 bridgehead atoms. The lowest BCUT2D eigenvalue weighted by molar-refractivity contribution is -0.138. The predicted molar refractivity (Wildman–Crippen MR) is 156 cm³/mol. The fraction of sp³-hybridized carbons (Fsp3) is 0.156. The van der Waals surface area contributed by atoms with Gasteiger partial charge in [0.25, 0.3) is 5.56 Å². The van der Waals surface area contributed by atoms with Crippen molar-refractivity contribution in [2.45, 2.75) is 13.0 Å². The lowest BCUT2D eigenvalue weighted by Crippen LogP contribution is -2.40. The van der Waals surface area contributed by atoms with Gasteiger partial charge in [0.15, 0.2) is 16.3 Å². The first-order valence-corrected chi connectivity index (χ1v) is 13.7. The second kappa shape index (κ2) is 12.2. The zero-order chi connectivity index (χ0) is 28.9. The van der Waals surface area contributed by atoms with Gasteiger partial charge in [-0.15, -0.1) is 0 Å². The van der Waals surface area contributed by atoms with Gasteiger partial charge in [-0.3, -0.25) is 9.36 Å². The highest BCUT2D eigenvalue weighted by Crippen LogP contribution is 2.35. The molecule has 1 aliphatic rings. The molecule has 41 heavy (non-hydrogen) atoms. The van der Waals surface area contributed by atoms with E-state index in [1.54, 1.807) is 50.5 Å². The van der Waals surface area contributed by atoms with Crippen LogP contribution in [-0.2, 0) is 9.53 Å². The smallest absolute Gasteiger partial charge is 0.338 e. The lowest BCUT2D eigenvalue weighted by atomic mass is 9.93. The second-order valence-electron chi connectivity index (χ2n) is 8.96. The number of thiazole rings is 1. The van der Waals surface area contributed by atoms with Crippen LogP contribution in [0.2, 0.25) is 0 Å². The minimum absolute atomic E-state index is 0.133. The molecule has 0 amide bonds. The van der Waals surface area contributed by atoms with Crippen molar-refractivity contribution in [1.29, 1.82) is 0 Å². The topological polar surface area (TPSA) is 79.1 Å². The number of rotatable bonds is 9. The Labute approximate surface area is 239 Å². The maximum absolute atomic E-state index is 14.1. The van der Waals surface area contributed by atoms with E-state index in [4.69, 9.17) is 19.2 Å². The Balaban J connectivity index is 1.81. The van der Waals surface area contributed by atoms with E-state index in [1.807, 2.05) is 36.4 Å². The Hall–Kier alpha value is -4.76. The molecule has 0 spiro atoms. The maximum Gasteiger partial charge on any atom is 0.338 e. The number of carbonyl (C=O) groups excluding carboxylic acids is 1. The van der Waals surface area contributed by atoms with Crippen LogP contribution in [0.3, 0.4) is 0 Å². The lowest BCUT2D eigenvalue weighted by Gasteiger charge is -2.25. The number of para-hydroxylation sites is 1. The molecule has 3 aromatic carbocycles. The van der Waals surface area contributed by atoms with Crippen LogP contribution in [0.15, 0.2) is 101 Å². The van der Waals surface area contributed by atoms with Gasteiger partial charge in [0.05, 0.1) is 35.6 Å². The monoisotopic (exact) mass is 570 g/mol. The van der Waals surface area contributed by atoms with E-state index in [1.165, 1.54) is 28.0 Å². The molecule has 0 radical (unpaired) electrons. The molecule has 0 saturated heterocycles. The quantitative estimate of drug-likeness (QED) is 0.216. The molecule has 1 aromatic heterocycles. The van der Waals surface area contributed by atoms with Crippen LogP contribution in [0.4, 0.5) is 4.39 Å². The molecule has 4 aromatic rings. The van der Waals surface area contributed by atoms with E-state index in [0.717, 1.165) is 0 Å². The molecular formula is C32H27FN2O5S. The van der Waals surface area contributed by atoms with Gasteiger partial charge in [0.1, 0.15) is 12.4 Å². The van der Waals surface area contributed by atoms with Crippen LogP contribution in [0.1, 0.15) is 29.7 Å². The third-order valence-corrected chi connectivity index (χ3v) is 7.40. The molecule has 1 atom stereocenters. The molecule has 0 N–H and O–H groups in total. The summed E-state index contributed by atoms with van der Waals surface area (Å²) in [6.45, 7) is 5.80. The van der Waals surface area contributed by atoms with Crippen LogP contribution in [0, 0.1) is 5.82 Å².